The summed E-state index contributed by atoms with van der Waals surface area (Å²) in [6.07, 6.45) is 10.0. The van der Waals surface area contributed by atoms with Gasteiger partial charge in [-0.25, -0.2) is 0 Å². The van der Waals surface area contributed by atoms with Gasteiger partial charge >= 0.3 is 0 Å². The Kier molecular flexibility index (Phi) is 2.54. The maximum atomic E-state index is 4.66. The number of rotatable bonds is 3. The number of anilines is 1. The molecule has 2 aromatic rings. The summed E-state index contributed by atoms with van der Waals surface area (Å²) in [6.45, 7) is 0. The minimum atomic E-state index is 0.630. The van der Waals surface area contributed by atoms with E-state index in [1.165, 1.54) is 60.7 Å². The molecular weight excluding hydrogens is 234 g/mol. The molecule has 0 atom stereocenters. The highest BCUT2D eigenvalue weighted by Gasteiger charge is 2.27. The maximum Gasteiger partial charge on any atom is 0.0690 e. The summed E-state index contributed by atoms with van der Waals surface area (Å²) in [5.74, 6) is 0.777. The first-order chi connectivity index (χ1) is 9.36. The highest BCUT2D eigenvalue weighted by atomic mass is 15.3. The smallest absolute Gasteiger partial charge is 0.0690 e. The fourth-order valence-corrected chi connectivity index (χ4v) is 3.50. The Labute approximate surface area is 114 Å². The SMILES string of the molecule is CNc1cc2cnn(C3CCCC3)c2cc1C1CC1. The van der Waals surface area contributed by atoms with Gasteiger partial charge in [-0.05, 0) is 49.3 Å². The lowest BCUT2D eigenvalue weighted by molar-refractivity contribution is 0.482. The van der Waals surface area contributed by atoms with Crippen LogP contribution in [0.25, 0.3) is 10.9 Å². The first-order valence-corrected chi connectivity index (χ1v) is 7.56. The van der Waals surface area contributed by atoms with Crippen LogP contribution in [0.4, 0.5) is 5.69 Å². The molecule has 0 radical (unpaired) electrons. The molecule has 4 rings (SSSR count). The molecule has 0 spiro atoms. The number of hydrogen-bond donors (Lipinski definition) is 1. The molecule has 0 amide bonds. The minimum Gasteiger partial charge on any atom is -0.388 e. The summed E-state index contributed by atoms with van der Waals surface area (Å²) in [7, 11) is 2.02. The lowest BCUT2D eigenvalue weighted by atomic mass is 10.1. The zero-order chi connectivity index (χ0) is 12.8. The van der Waals surface area contributed by atoms with Crippen molar-refractivity contribution < 1.29 is 0 Å². The van der Waals surface area contributed by atoms with Crippen LogP contribution in [-0.4, -0.2) is 16.8 Å². The Bertz CT molecular complexity index is 604. The standard InChI is InChI=1S/C16H21N3/c1-17-15-8-12-10-18-19(13-4-2-3-5-13)16(12)9-14(15)11-6-7-11/h8-11,13,17H,2-7H2,1H3. The van der Waals surface area contributed by atoms with E-state index in [4.69, 9.17) is 0 Å². The van der Waals surface area contributed by atoms with Crippen molar-refractivity contribution in [2.45, 2.75) is 50.5 Å². The molecule has 3 nitrogen and oxygen atoms in total. The van der Waals surface area contributed by atoms with Crippen molar-refractivity contribution in [2.24, 2.45) is 0 Å². The van der Waals surface area contributed by atoms with Gasteiger partial charge < -0.3 is 5.32 Å². The van der Waals surface area contributed by atoms with Gasteiger partial charge in [-0.15, -0.1) is 0 Å². The number of nitrogens with one attached hydrogen (secondary N) is 1. The van der Waals surface area contributed by atoms with E-state index in [2.05, 4.69) is 27.2 Å². The van der Waals surface area contributed by atoms with Gasteiger partial charge in [0.15, 0.2) is 0 Å². The fraction of sp³-hybridized carbons (Fsp3) is 0.562. The Balaban J connectivity index is 1.85. The van der Waals surface area contributed by atoms with Gasteiger partial charge in [0.2, 0.25) is 0 Å². The van der Waals surface area contributed by atoms with Crippen molar-refractivity contribution >= 4 is 16.6 Å². The van der Waals surface area contributed by atoms with Gasteiger partial charge in [-0.3, -0.25) is 4.68 Å². The molecule has 0 saturated heterocycles. The number of benzene rings is 1. The molecule has 2 saturated carbocycles. The minimum absolute atomic E-state index is 0.630. The van der Waals surface area contributed by atoms with Crippen LogP contribution in [0.2, 0.25) is 0 Å². The van der Waals surface area contributed by atoms with Gasteiger partial charge in [0.05, 0.1) is 17.8 Å². The van der Waals surface area contributed by atoms with Crippen LogP contribution in [0.1, 0.15) is 56.0 Å². The molecule has 1 aromatic carbocycles. The lowest BCUT2D eigenvalue weighted by Gasteiger charge is -2.14. The summed E-state index contributed by atoms with van der Waals surface area (Å²) in [4.78, 5) is 0. The predicted molar refractivity (Wildman–Crippen MR) is 78.8 cm³/mol. The molecular formula is C16H21N3. The Morgan fingerprint density at radius 3 is 2.63 bits per heavy atom. The second-order valence-corrected chi connectivity index (χ2v) is 6.05. The number of hydrogen-bond acceptors (Lipinski definition) is 2. The average Bonchev–Trinajstić information content (AvgIpc) is 2.99. The van der Waals surface area contributed by atoms with Crippen LogP contribution in [0.3, 0.4) is 0 Å². The van der Waals surface area contributed by atoms with Crippen LogP contribution in [-0.2, 0) is 0 Å². The molecule has 19 heavy (non-hydrogen) atoms. The van der Waals surface area contributed by atoms with E-state index in [0.717, 1.165) is 5.92 Å². The first-order valence-electron chi connectivity index (χ1n) is 7.56. The molecule has 1 N–H and O–H groups in total. The first kappa shape index (κ1) is 11.3. The van der Waals surface area contributed by atoms with Crippen molar-refractivity contribution in [1.82, 2.24) is 9.78 Å². The second kappa shape index (κ2) is 4.26. The number of nitrogens with zero attached hydrogens (tertiary/aromatic N) is 2. The molecule has 100 valence electrons. The van der Waals surface area contributed by atoms with E-state index in [1.54, 1.807) is 0 Å². The number of fused-ring (bicyclic) bond motifs is 1. The highest BCUT2D eigenvalue weighted by molar-refractivity contribution is 5.85. The van der Waals surface area contributed by atoms with Crippen molar-refractivity contribution in [3.63, 3.8) is 0 Å². The molecule has 3 heteroatoms. The average molecular weight is 255 g/mol. The second-order valence-electron chi connectivity index (χ2n) is 6.05. The Morgan fingerprint density at radius 2 is 1.95 bits per heavy atom. The van der Waals surface area contributed by atoms with Gasteiger partial charge in [-0.2, -0.15) is 5.10 Å². The van der Waals surface area contributed by atoms with E-state index >= 15 is 0 Å². The van der Waals surface area contributed by atoms with Crippen LogP contribution in [0.5, 0.6) is 0 Å². The van der Waals surface area contributed by atoms with Crippen molar-refractivity contribution in [3.05, 3.63) is 23.9 Å². The van der Waals surface area contributed by atoms with Crippen LogP contribution in [0.15, 0.2) is 18.3 Å². The van der Waals surface area contributed by atoms with Crippen LogP contribution >= 0.6 is 0 Å². The van der Waals surface area contributed by atoms with Gasteiger partial charge in [-0.1, -0.05) is 12.8 Å². The van der Waals surface area contributed by atoms with Crippen molar-refractivity contribution in [2.75, 3.05) is 12.4 Å². The molecule has 0 unspecified atom stereocenters. The summed E-state index contributed by atoms with van der Waals surface area (Å²) >= 11 is 0. The molecule has 2 aliphatic carbocycles. The van der Waals surface area contributed by atoms with Gasteiger partial charge in [0, 0.05) is 18.1 Å². The number of aromatic nitrogens is 2. The van der Waals surface area contributed by atoms with E-state index in [1.807, 2.05) is 13.2 Å². The zero-order valence-electron chi connectivity index (χ0n) is 11.5. The topological polar surface area (TPSA) is 29.9 Å². The zero-order valence-corrected chi connectivity index (χ0v) is 11.5. The fourth-order valence-electron chi connectivity index (χ4n) is 3.50. The molecule has 1 aromatic heterocycles. The van der Waals surface area contributed by atoms with E-state index in [-0.39, 0.29) is 0 Å². The predicted octanol–water partition coefficient (Wildman–Crippen LogP) is 4.07. The molecule has 2 fully saturated rings. The van der Waals surface area contributed by atoms with E-state index in [0.29, 0.717) is 6.04 Å². The molecule has 0 aliphatic heterocycles. The van der Waals surface area contributed by atoms with Gasteiger partial charge in [0.1, 0.15) is 0 Å². The third-order valence-electron chi connectivity index (χ3n) is 4.72. The largest absolute Gasteiger partial charge is 0.388 e. The Hall–Kier alpha value is -1.51. The third-order valence-corrected chi connectivity index (χ3v) is 4.72. The molecule has 1 heterocycles. The van der Waals surface area contributed by atoms with Gasteiger partial charge in [0.25, 0.3) is 0 Å². The van der Waals surface area contributed by atoms with Crippen molar-refractivity contribution in [1.29, 1.82) is 0 Å². The third kappa shape index (κ3) is 1.83. The maximum absolute atomic E-state index is 4.66. The van der Waals surface area contributed by atoms with E-state index in [9.17, 15) is 0 Å². The highest BCUT2D eigenvalue weighted by Crippen LogP contribution is 2.45. The van der Waals surface area contributed by atoms with Crippen LogP contribution < -0.4 is 5.32 Å². The Morgan fingerprint density at radius 1 is 1.16 bits per heavy atom. The van der Waals surface area contributed by atoms with Crippen molar-refractivity contribution in [3.8, 4) is 0 Å². The lowest BCUT2D eigenvalue weighted by Crippen LogP contribution is -2.06. The monoisotopic (exact) mass is 255 g/mol. The normalized spacial score (nSPS) is 20.3. The summed E-state index contributed by atoms with van der Waals surface area (Å²) in [5.41, 5.74) is 4.13. The van der Waals surface area contributed by atoms with Crippen LogP contribution in [0, 0.1) is 0 Å². The molecule has 0 bridgehead atoms. The summed E-state index contributed by atoms with van der Waals surface area (Å²) < 4.78 is 2.29. The molecule has 2 aliphatic rings. The summed E-state index contributed by atoms with van der Waals surface area (Å²) in [5, 5.41) is 9.29. The van der Waals surface area contributed by atoms with E-state index < -0.39 is 0 Å². The quantitative estimate of drug-likeness (QED) is 0.896. The summed E-state index contributed by atoms with van der Waals surface area (Å²) in [6, 6.07) is 5.30.